The van der Waals surface area contributed by atoms with E-state index in [0.29, 0.717) is 25.7 Å². The second-order valence-electron chi connectivity index (χ2n) is 5.72. The van der Waals surface area contributed by atoms with Crippen LogP contribution in [0.3, 0.4) is 0 Å². The van der Waals surface area contributed by atoms with Gasteiger partial charge < -0.3 is 4.52 Å². The lowest BCUT2D eigenvalue weighted by Crippen LogP contribution is -2.48. The Morgan fingerprint density at radius 3 is 2.25 bits per heavy atom. The first-order valence-electron chi connectivity index (χ1n) is 7.45. The molecule has 1 aromatic heterocycles. The number of piperazine rings is 1. The fourth-order valence-electron chi connectivity index (χ4n) is 2.67. The van der Waals surface area contributed by atoms with Gasteiger partial charge in [-0.15, -0.1) is 0 Å². The molecule has 3 rings (SSSR count). The van der Waals surface area contributed by atoms with E-state index in [0.717, 1.165) is 23.6 Å². The molecule has 1 aromatic carbocycles. The van der Waals surface area contributed by atoms with Crippen LogP contribution in [-0.2, 0) is 16.6 Å². The van der Waals surface area contributed by atoms with Gasteiger partial charge in [0, 0.05) is 38.3 Å². The molecular formula is C15H17F2N3O3S. The summed E-state index contributed by atoms with van der Waals surface area (Å²) in [5.74, 6) is -1.10. The van der Waals surface area contributed by atoms with E-state index < -0.39 is 21.7 Å². The Labute approximate surface area is 138 Å². The summed E-state index contributed by atoms with van der Waals surface area (Å²) in [7, 11) is -3.91. The summed E-state index contributed by atoms with van der Waals surface area (Å²) in [5, 5.41) is 3.81. The van der Waals surface area contributed by atoms with Crippen LogP contribution < -0.4 is 0 Å². The van der Waals surface area contributed by atoms with E-state index in [1.807, 2.05) is 17.9 Å². The molecule has 0 bridgehead atoms. The molecule has 130 valence electrons. The molecule has 1 aliphatic heterocycles. The van der Waals surface area contributed by atoms with Gasteiger partial charge in [0.1, 0.15) is 11.6 Å². The van der Waals surface area contributed by atoms with Crippen molar-refractivity contribution in [3.63, 3.8) is 0 Å². The maximum absolute atomic E-state index is 13.3. The molecule has 0 unspecified atom stereocenters. The Balaban J connectivity index is 1.67. The predicted molar refractivity (Wildman–Crippen MR) is 81.6 cm³/mol. The molecule has 0 aliphatic carbocycles. The highest BCUT2D eigenvalue weighted by atomic mass is 32.2. The molecule has 1 saturated heterocycles. The van der Waals surface area contributed by atoms with Crippen molar-refractivity contribution in [1.82, 2.24) is 14.4 Å². The standard InChI is InChI=1S/C15H17F2N3O3S/c1-11-6-14(23-18-11)10-19-2-4-20(5-3-19)24(21,22)15-8-12(16)7-13(17)9-15/h6-9H,2-5,10H2,1H3. The largest absolute Gasteiger partial charge is 0.360 e. The Bertz CT molecular complexity index is 810. The van der Waals surface area contributed by atoms with E-state index >= 15 is 0 Å². The van der Waals surface area contributed by atoms with Gasteiger partial charge in [0.15, 0.2) is 5.76 Å². The minimum atomic E-state index is -3.91. The molecule has 24 heavy (non-hydrogen) atoms. The molecular weight excluding hydrogens is 340 g/mol. The zero-order valence-corrected chi connectivity index (χ0v) is 13.9. The third kappa shape index (κ3) is 3.63. The second kappa shape index (κ2) is 6.58. The molecule has 1 aliphatic rings. The van der Waals surface area contributed by atoms with Gasteiger partial charge in [0.2, 0.25) is 10.0 Å². The maximum atomic E-state index is 13.3. The molecule has 0 amide bonds. The molecule has 2 heterocycles. The Morgan fingerprint density at radius 2 is 1.71 bits per heavy atom. The van der Waals surface area contributed by atoms with Crippen molar-refractivity contribution in [3.8, 4) is 0 Å². The second-order valence-corrected chi connectivity index (χ2v) is 7.66. The van der Waals surface area contributed by atoms with E-state index in [1.54, 1.807) is 0 Å². The summed E-state index contributed by atoms with van der Waals surface area (Å²) in [5.41, 5.74) is 0.791. The topological polar surface area (TPSA) is 66.7 Å². The van der Waals surface area contributed by atoms with Crippen LogP contribution >= 0.6 is 0 Å². The minimum absolute atomic E-state index is 0.244. The third-order valence-electron chi connectivity index (χ3n) is 3.86. The summed E-state index contributed by atoms with van der Waals surface area (Å²) in [6.45, 7) is 3.85. The van der Waals surface area contributed by atoms with E-state index in [-0.39, 0.29) is 18.0 Å². The highest BCUT2D eigenvalue weighted by Gasteiger charge is 2.29. The molecule has 6 nitrogen and oxygen atoms in total. The number of halogens is 2. The van der Waals surface area contributed by atoms with Crippen molar-refractivity contribution < 1.29 is 21.7 Å². The van der Waals surface area contributed by atoms with E-state index in [9.17, 15) is 17.2 Å². The summed E-state index contributed by atoms with van der Waals surface area (Å²) in [4.78, 5) is 1.68. The first kappa shape index (κ1) is 17.0. The number of benzene rings is 1. The van der Waals surface area contributed by atoms with Crippen LogP contribution in [0.2, 0.25) is 0 Å². The molecule has 0 radical (unpaired) electrons. The number of rotatable bonds is 4. The molecule has 0 N–H and O–H groups in total. The van der Waals surface area contributed by atoms with Gasteiger partial charge in [0.25, 0.3) is 0 Å². The zero-order valence-electron chi connectivity index (χ0n) is 13.1. The van der Waals surface area contributed by atoms with Gasteiger partial charge in [-0.1, -0.05) is 5.16 Å². The Morgan fingerprint density at radius 1 is 1.08 bits per heavy atom. The van der Waals surface area contributed by atoms with Gasteiger partial charge >= 0.3 is 0 Å². The first-order chi connectivity index (χ1) is 11.3. The molecule has 1 fully saturated rings. The van der Waals surface area contributed by atoms with Crippen molar-refractivity contribution >= 4 is 10.0 Å². The fraction of sp³-hybridized carbons (Fsp3) is 0.400. The Kier molecular flexibility index (Phi) is 4.66. The highest BCUT2D eigenvalue weighted by molar-refractivity contribution is 7.89. The lowest BCUT2D eigenvalue weighted by Gasteiger charge is -2.33. The van der Waals surface area contributed by atoms with Gasteiger partial charge in [0.05, 0.1) is 17.1 Å². The van der Waals surface area contributed by atoms with Gasteiger partial charge in [-0.3, -0.25) is 4.90 Å². The molecule has 0 spiro atoms. The average Bonchev–Trinajstić information content (AvgIpc) is 2.92. The number of hydrogen-bond donors (Lipinski definition) is 0. The molecule has 0 atom stereocenters. The zero-order chi connectivity index (χ0) is 17.3. The van der Waals surface area contributed by atoms with Crippen molar-refractivity contribution in [2.75, 3.05) is 26.2 Å². The van der Waals surface area contributed by atoms with E-state index in [2.05, 4.69) is 5.16 Å². The van der Waals surface area contributed by atoms with Crippen LogP contribution in [0.15, 0.2) is 33.7 Å². The predicted octanol–water partition coefficient (Wildman–Crippen LogP) is 1.77. The van der Waals surface area contributed by atoms with Crippen LogP contribution in [0.1, 0.15) is 11.5 Å². The summed E-state index contributed by atoms with van der Waals surface area (Å²) >= 11 is 0. The summed E-state index contributed by atoms with van der Waals surface area (Å²) < 4.78 is 58.0. The average molecular weight is 357 g/mol. The monoisotopic (exact) mass is 357 g/mol. The van der Waals surface area contributed by atoms with E-state index in [1.165, 1.54) is 4.31 Å². The molecule has 0 saturated carbocycles. The van der Waals surface area contributed by atoms with Crippen molar-refractivity contribution in [3.05, 3.63) is 47.4 Å². The maximum Gasteiger partial charge on any atom is 0.243 e. The van der Waals surface area contributed by atoms with Crippen molar-refractivity contribution in [2.45, 2.75) is 18.4 Å². The lowest BCUT2D eigenvalue weighted by atomic mass is 10.3. The van der Waals surface area contributed by atoms with Crippen LogP contribution in [-0.4, -0.2) is 49.0 Å². The van der Waals surface area contributed by atoms with E-state index in [4.69, 9.17) is 4.52 Å². The minimum Gasteiger partial charge on any atom is -0.360 e. The van der Waals surface area contributed by atoms with Gasteiger partial charge in [-0.05, 0) is 19.1 Å². The Hall–Kier alpha value is -1.84. The van der Waals surface area contributed by atoms with Crippen LogP contribution in [0.5, 0.6) is 0 Å². The van der Waals surface area contributed by atoms with Crippen molar-refractivity contribution in [2.24, 2.45) is 0 Å². The van der Waals surface area contributed by atoms with Crippen LogP contribution in [0.25, 0.3) is 0 Å². The lowest BCUT2D eigenvalue weighted by molar-refractivity contribution is 0.166. The fourth-order valence-corrected chi connectivity index (χ4v) is 4.13. The molecule has 9 heteroatoms. The highest BCUT2D eigenvalue weighted by Crippen LogP contribution is 2.20. The number of aromatic nitrogens is 1. The summed E-state index contributed by atoms with van der Waals surface area (Å²) in [6, 6.07) is 4.15. The smallest absolute Gasteiger partial charge is 0.243 e. The number of aryl methyl sites for hydroxylation is 1. The van der Waals surface area contributed by atoms with Crippen LogP contribution in [0.4, 0.5) is 8.78 Å². The SMILES string of the molecule is Cc1cc(CN2CCN(S(=O)(=O)c3cc(F)cc(F)c3)CC2)on1. The summed E-state index contributed by atoms with van der Waals surface area (Å²) in [6.07, 6.45) is 0. The molecule has 2 aromatic rings. The number of hydrogen-bond acceptors (Lipinski definition) is 5. The number of nitrogens with zero attached hydrogens (tertiary/aromatic N) is 3. The van der Waals surface area contributed by atoms with Gasteiger partial charge in [-0.25, -0.2) is 17.2 Å². The third-order valence-corrected chi connectivity index (χ3v) is 5.74. The van der Waals surface area contributed by atoms with Crippen molar-refractivity contribution in [1.29, 1.82) is 0 Å². The normalized spacial score (nSPS) is 17.3. The van der Waals surface area contributed by atoms with Gasteiger partial charge in [-0.2, -0.15) is 4.31 Å². The first-order valence-corrected chi connectivity index (χ1v) is 8.89. The number of sulfonamides is 1. The quantitative estimate of drug-likeness (QED) is 0.834. The van der Waals surface area contributed by atoms with Crippen LogP contribution in [0, 0.1) is 18.6 Å².